The number of carboxylic acid groups (broad SMARTS) is 1. The molecule has 8 nitrogen and oxygen atoms in total. The largest absolute Gasteiger partial charge is 0.479 e. The monoisotopic (exact) mass is 452 g/mol. The predicted molar refractivity (Wildman–Crippen MR) is 123 cm³/mol. The minimum Gasteiger partial charge on any atom is -0.479 e. The van der Waals surface area contributed by atoms with Crippen LogP contribution in [0.3, 0.4) is 0 Å². The Morgan fingerprint density at radius 1 is 1.06 bits per heavy atom. The van der Waals surface area contributed by atoms with Crippen molar-refractivity contribution in [2.75, 3.05) is 10.6 Å². The van der Waals surface area contributed by atoms with Crippen LogP contribution < -0.4 is 10.6 Å². The van der Waals surface area contributed by atoms with Crippen LogP contribution in [0.1, 0.15) is 37.6 Å². The molecule has 1 aliphatic rings. The first-order chi connectivity index (χ1) is 15.4. The molecule has 0 spiro atoms. The lowest BCUT2D eigenvalue weighted by atomic mass is 10.0. The molecule has 0 saturated heterocycles. The summed E-state index contributed by atoms with van der Waals surface area (Å²) in [7, 11) is 0. The normalized spacial score (nSPS) is 15.8. The van der Waals surface area contributed by atoms with E-state index in [1.165, 1.54) is 11.3 Å². The number of rotatable bonds is 7. The molecule has 0 aliphatic heterocycles. The molecular weight excluding hydrogens is 428 g/mol. The molecule has 0 bridgehead atoms. The Kier molecular flexibility index (Phi) is 6.48. The number of anilines is 2. The Bertz CT molecular complexity index is 1080. The van der Waals surface area contributed by atoms with Gasteiger partial charge in [0.2, 0.25) is 0 Å². The van der Waals surface area contributed by atoms with Gasteiger partial charge in [0.1, 0.15) is 16.4 Å². The van der Waals surface area contributed by atoms with E-state index >= 15 is 0 Å². The third kappa shape index (κ3) is 4.95. The number of nitrogens with one attached hydrogen (secondary N) is 2. The molecule has 4 rings (SSSR count). The summed E-state index contributed by atoms with van der Waals surface area (Å²) in [5, 5.41) is 15.5. The van der Waals surface area contributed by atoms with E-state index < -0.39 is 17.7 Å². The number of carboxylic acids is 1. The number of ether oxygens (including phenoxy) is 1. The van der Waals surface area contributed by atoms with Crippen LogP contribution in [0.2, 0.25) is 0 Å². The van der Waals surface area contributed by atoms with E-state index in [-0.39, 0.29) is 6.03 Å². The van der Waals surface area contributed by atoms with Gasteiger partial charge >= 0.3 is 12.0 Å². The third-order valence-electron chi connectivity index (χ3n) is 5.38. The van der Waals surface area contributed by atoms with Gasteiger partial charge in [0.05, 0.1) is 4.88 Å². The molecule has 1 unspecified atom stereocenters. The van der Waals surface area contributed by atoms with E-state index in [4.69, 9.17) is 4.74 Å². The van der Waals surface area contributed by atoms with Crippen molar-refractivity contribution in [3.05, 3.63) is 59.9 Å². The predicted octanol–water partition coefficient (Wildman–Crippen LogP) is 5.11. The standard InChI is InChI=1S/C23H24N4O4S/c1-15(20(28)29)31-23(11-5-6-12-23)21-25-14-18(32-21)16-9-10-19(24-13-16)27-22(30)26-17-7-3-2-4-8-17/h2-4,7-10,13-15H,5-6,11-12H2,1H3,(H,28,29)(H2,24,26,27,30). The Morgan fingerprint density at radius 3 is 2.47 bits per heavy atom. The molecular formula is C23H24N4O4S. The molecule has 1 saturated carbocycles. The highest BCUT2D eigenvalue weighted by atomic mass is 32.1. The van der Waals surface area contributed by atoms with Crippen LogP contribution in [0, 0.1) is 0 Å². The van der Waals surface area contributed by atoms with Crippen LogP contribution in [0.25, 0.3) is 10.4 Å². The number of carbonyl (C=O) groups excluding carboxylic acids is 1. The SMILES string of the molecule is CC(OC1(c2ncc(-c3ccc(NC(=O)Nc4ccccc4)nc3)s2)CCCC1)C(=O)O. The zero-order valence-corrected chi connectivity index (χ0v) is 18.4. The van der Waals surface area contributed by atoms with Gasteiger partial charge in [-0.05, 0) is 44.0 Å². The third-order valence-corrected chi connectivity index (χ3v) is 6.61. The second kappa shape index (κ2) is 9.46. The van der Waals surface area contributed by atoms with Crippen molar-refractivity contribution < 1.29 is 19.4 Å². The highest BCUT2D eigenvalue weighted by Gasteiger charge is 2.42. The quantitative estimate of drug-likeness (QED) is 0.459. The Balaban J connectivity index is 1.45. The first kappa shape index (κ1) is 21.9. The number of para-hydroxylation sites is 1. The molecule has 0 radical (unpaired) electrons. The van der Waals surface area contributed by atoms with Gasteiger partial charge in [0.25, 0.3) is 0 Å². The maximum absolute atomic E-state index is 12.1. The van der Waals surface area contributed by atoms with Gasteiger partial charge in [0, 0.05) is 23.6 Å². The molecule has 1 fully saturated rings. The van der Waals surface area contributed by atoms with Gasteiger partial charge in [-0.1, -0.05) is 31.0 Å². The summed E-state index contributed by atoms with van der Waals surface area (Å²) in [6.45, 7) is 1.56. The fourth-order valence-corrected chi connectivity index (χ4v) is 4.84. The first-order valence-corrected chi connectivity index (χ1v) is 11.2. The van der Waals surface area contributed by atoms with Crippen molar-refractivity contribution in [3.8, 4) is 10.4 Å². The van der Waals surface area contributed by atoms with Crippen molar-refractivity contribution in [2.45, 2.75) is 44.3 Å². The summed E-state index contributed by atoms with van der Waals surface area (Å²) in [4.78, 5) is 33.3. The van der Waals surface area contributed by atoms with Gasteiger partial charge in [0.15, 0.2) is 6.10 Å². The highest BCUT2D eigenvalue weighted by Crippen LogP contribution is 2.45. The molecule has 166 valence electrons. The minimum absolute atomic E-state index is 0.371. The highest BCUT2D eigenvalue weighted by molar-refractivity contribution is 7.15. The molecule has 32 heavy (non-hydrogen) atoms. The summed E-state index contributed by atoms with van der Waals surface area (Å²) in [5.41, 5.74) is 0.909. The lowest BCUT2D eigenvalue weighted by Crippen LogP contribution is -2.34. The van der Waals surface area contributed by atoms with Crippen LogP contribution in [0.4, 0.5) is 16.3 Å². The fraction of sp³-hybridized carbons (Fsp3) is 0.304. The molecule has 9 heteroatoms. The number of hydrogen-bond acceptors (Lipinski definition) is 6. The number of aromatic nitrogens is 2. The molecule has 3 N–H and O–H groups in total. The van der Waals surface area contributed by atoms with Gasteiger partial charge in [-0.3, -0.25) is 5.32 Å². The van der Waals surface area contributed by atoms with Gasteiger partial charge < -0.3 is 15.2 Å². The average molecular weight is 453 g/mol. The smallest absolute Gasteiger partial charge is 0.332 e. The van der Waals surface area contributed by atoms with E-state index in [2.05, 4.69) is 20.6 Å². The molecule has 3 aromatic rings. The van der Waals surface area contributed by atoms with Gasteiger partial charge in [-0.2, -0.15) is 0 Å². The fourth-order valence-electron chi connectivity index (χ4n) is 3.75. The lowest BCUT2D eigenvalue weighted by Gasteiger charge is -2.29. The Labute approximate surface area is 189 Å². The minimum atomic E-state index is -0.975. The van der Waals surface area contributed by atoms with Crippen molar-refractivity contribution in [3.63, 3.8) is 0 Å². The van der Waals surface area contributed by atoms with Crippen LogP contribution in [0.5, 0.6) is 0 Å². The second-order valence-corrected chi connectivity index (χ2v) is 8.74. The van der Waals surface area contributed by atoms with Crippen molar-refractivity contribution in [1.82, 2.24) is 9.97 Å². The van der Waals surface area contributed by atoms with Crippen LogP contribution in [-0.2, 0) is 15.1 Å². The van der Waals surface area contributed by atoms with E-state index in [0.717, 1.165) is 41.1 Å². The second-order valence-electron chi connectivity index (χ2n) is 7.71. The Hall–Kier alpha value is -3.30. The zero-order chi connectivity index (χ0) is 22.6. The molecule has 1 atom stereocenters. The zero-order valence-electron chi connectivity index (χ0n) is 17.6. The topological polar surface area (TPSA) is 113 Å². The number of pyridine rings is 1. The molecule has 2 aromatic heterocycles. The van der Waals surface area contributed by atoms with Crippen LogP contribution in [-0.4, -0.2) is 33.2 Å². The summed E-state index contributed by atoms with van der Waals surface area (Å²) in [6.07, 6.45) is 6.03. The number of aliphatic carboxylic acids is 1. The maximum atomic E-state index is 12.1. The molecule has 2 heterocycles. The van der Waals surface area contributed by atoms with Crippen molar-refractivity contribution in [2.24, 2.45) is 0 Å². The lowest BCUT2D eigenvalue weighted by molar-refractivity contribution is -0.163. The first-order valence-electron chi connectivity index (χ1n) is 10.4. The number of hydrogen-bond donors (Lipinski definition) is 3. The van der Waals surface area contributed by atoms with Gasteiger partial charge in [-0.25, -0.2) is 19.6 Å². The molecule has 1 aromatic carbocycles. The van der Waals surface area contributed by atoms with Crippen molar-refractivity contribution in [1.29, 1.82) is 0 Å². The van der Waals surface area contributed by atoms with Crippen LogP contribution in [0.15, 0.2) is 54.9 Å². The number of carbonyl (C=O) groups is 2. The molecule has 2 amide bonds. The maximum Gasteiger partial charge on any atom is 0.332 e. The number of urea groups is 1. The van der Waals surface area contributed by atoms with Gasteiger partial charge in [-0.15, -0.1) is 11.3 Å². The molecule has 1 aliphatic carbocycles. The van der Waals surface area contributed by atoms with E-state index in [1.54, 1.807) is 37.5 Å². The summed E-state index contributed by atoms with van der Waals surface area (Å²) >= 11 is 1.49. The number of amides is 2. The number of thiazole rings is 1. The number of benzene rings is 1. The summed E-state index contributed by atoms with van der Waals surface area (Å²) in [6, 6.07) is 12.4. The summed E-state index contributed by atoms with van der Waals surface area (Å²) in [5.74, 6) is -0.547. The van der Waals surface area contributed by atoms with Crippen LogP contribution >= 0.6 is 11.3 Å². The summed E-state index contributed by atoms with van der Waals surface area (Å²) < 4.78 is 5.99. The van der Waals surface area contributed by atoms with Crippen molar-refractivity contribution >= 4 is 34.8 Å². The Morgan fingerprint density at radius 2 is 1.81 bits per heavy atom. The van der Waals surface area contributed by atoms with E-state index in [1.807, 2.05) is 24.3 Å². The average Bonchev–Trinajstić information content (AvgIpc) is 3.45. The van der Waals surface area contributed by atoms with E-state index in [0.29, 0.717) is 11.5 Å². The number of nitrogens with zero attached hydrogens (tertiary/aromatic N) is 2. The van der Waals surface area contributed by atoms with E-state index in [9.17, 15) is 14.7 Å².